The van der Waals surface area contributed by atoms with Gasteiger partial charge in [0.1, 0.15) is 5.82 Å². The number of aliphatic carboxylic acids is 1. The van der Waals surface area contributed by atoms with Crippen molar-refractivity contribution in [1.29, 1.82) is 0 Å². The van der Waals surface area contributed by atoms with Crippen molar-refractivity contribution in [3.63, 3.8) is 0 Å². The van der Waals surface area contributed by atoms with E-state index in [1.54, 1.807) is 30.3 Å². The third kappa shape index (κ3) is 4.14. The van der Waals surface area contributed by atoms with E-state index in [9.17, 15) is 14.0 Å². The monoisotopic (exact) mass is 287 g/mol. The van der Waals surface area contributed by atoms with Crippen LogP contribution in [-0.4, -0.2) is 17.0 Å². The summed E-state index contributed by atoms with van der Waals surface area (Å²) in [4.78, 5) is 23.0. The van der Waals surface area contributed by atoms with Gasteiger partial charge in [-0.25, -0.2) is 4.39 Å². The van der Waals surface area contributed by atoms with Gasteiger partial charge in [-0.15, -0.1) is 0 Å². The van der Waals surface area contributed by atoms with E-state index in [1.807, 2.05) is 0 Å². The number of carboxylic acid groups (broad SMARTS) is 1. The minimum absolute atomic E-state index is 0.154. The number of rotatable bonds is 5. The predicted octanol–water partition coefficient (Wildman–Crippen LogP) is 2.77. The fraction of sp³-hybridized carbons (Fsp3) is 0.125. The largest absolute Gasteiger partial charge is 0.481 e. The number of halogens is 1. The van der Waals surface area contributed by atoms with Crippen LogP contribution in [0.5, 0.6) is 0 Å². The lowest BCUT2D eigenvalue weighted by Crippen LogP contribution is -2.30. The van der Waals surface area contributed by atoms with Gasteiger partial charge in [-0.05, 0) is 23.8 Å². The van der Waals surface area contributed by atoms with Crippen LogP contribution in [-0.2, 0) is 4.79 Å². The molecule has 0 aliphatic carbocycles. The molecular weight excluding hydrogens is 273 g/mol. The van der Waals surface area contributed by atoms with Crippen molar-refractivity contribution in [2.75, 3.05) is 0 Å². The molecule has 4 nitrogen and oxygen atoms in total. The second-order valence-electron chi connectivity index (χ2n) is 4.54. The summed E-state index contributed by atoms with van der Waals surface area (Å²) in [5.74, 6) is -2.05. The molecule has 0 aliphatic rings. The molecule has 0 spiro atoms. The van der Waals surface area contributed by atoms with E-state index in [-0.39, 0.29) is 12.0 Å². The first-order valence-electron chi connectivity index (χ1n) is 6.39. The van der Waals surface area contributed by atoms with Gasteiger partial charge in [-0.1, -0.05) is 36.4 Å². The molecule has 1 unspecified atom stereocenters. The molecule has 0 aromatic heterocycles. The summed E-state index contributed by atoms with van der Waals surface area (Å²) in [6.07, 6.45) is -0.245. The molecule has 1 amide bonds. The Kier molecular flexibility index (Phi) is 4.66. The first-order valence-corrected chi connectivity index (χ1v) is 6.39. The van der Waals surface area contributed by atoms with E-state index < -0.39 is 23.7 Å². The van der Waals surface area contributed by atoms with Gasteiger partial charge in [0.25, 0.3) is 5.91 Å². The molecule has 0 fully saturated rings. The second kappa shape index (κ2) is 6.65. The molecule has 2 rings (SSSR count). The number of carbonyl (C=O) groups excluding carboxylic acids is 1. The Hall–Kier alpha value is -2.69. The van der Waals surface area contributed by atoms with E-state index in [4.69, 9.17) is 5.11 Å². The molecule has 0 saturated heterocycles. The number of hydrogen-bond acceptors (Lipinski definition) is 2. The quantitative estimate of drug-likeness (QED) is 0.888. The lowest BCUT2D eigenvalue weighted by atomic mass is 10.0. The minimum atomic E-state index is -1.02. The summed E-state index contributed by atoms with van der Waals surface area (Å²) in [5, 5.41) is 11.6. The molecule has 2 aromatic carbocycles. The van der Waals surface area contributed by atoms with Gasteiger partial charge in [0.15, 0.2) is 0 Å². The predicted molar refractivity (Wildman–Crippen MR) is 75.3 cm³/mol. The molecule has 108 valence electrons. The Balaban J connectivity index is 2.19. The molecule has 5 heteroatoms. The van der Waals surface area contributed by atoms with Crippen molar-refractivity contribution in [2.24, 2.45) is 0 Å². The molecule has 0 bridgehead atoms. The summed E-state index contributed by atoms with van der Waals surface area (Å²) >= 11 is 0. The molecule has 1 atom stereocenters. The Morgan fingerprint density at radius 3 is 2.43 bits per heavy atom. The van der Waals surface area contributed by atoms with E-state index in [0.717, 1.165) is 6.07 Å². The fourth-order valence-electron chi connectivity index (χ4n) is 1.98. The Morgan fingerprint density at radius 2 is 1.81 bits per heavy atom. The van der Waals surface area contributed by atoms with Crippen molar-refractivity contribution in [3.8, 4) is 0 Å². The molecule has 2 aromatic rings. The number of nitrogens with one attached hydrogen (secondary N) is 1. The average Bonchev–Trinajstić information content (AvgIpc) is 2.47. The number of carbonyl (C=O) groups is 2. The molecule has 0 radical (unpaired) electrons. The lowest BCUT2D eigenvalue weighted by molar-refractivity contribution is -0.137. The van der Waals surface area contributed by atoms with Gasteiger partial charge < -0.3 is 10.4 Å². The zero-order chi connectivity index (χ0) is 15.2. The smallest absolute Gasteiger partial charge is 0.305 e. The van der Waals surface area contributed by atoms with Crippen LogP contribution in [0.25, 0.3) is 0 Å². The number of hydrogen-bond donors (Lipinski definition) is 2. The summed E-state index contributed by atoms with van der Waals surface area (Å²) in [5.41, 5.74) is 0.839. The van der Waals surface area contributed by atoms with Gasteiger partial charge in [-0.2, -0.15) is 0 Å². The lowest BCUT2D eigenvalue weighted by Gasteiger charge is -2.17. The Morgan fingerprint density at radius 1 is 1.10 bits per heavy atom. The van der Waals surface area contributed by atoms with Crippen molar-refractivity contribution in [2.45, 2.75) is 12.5 Å². The summed E-state index contributed by atoms with van der Waals surface area (Å²) in [6.45, 7) is 0. The Bertz CT molecular complexity index is 643. The van der Waals surface area contributed by atoms with Crippen molar-refractivity contribution >= 4 is 11.9 Å². The molecule has 0 heterocycles. The van der Waals surface area contributed by atoms with E-state index in [1.165, 1.54) is 18.2 Å². The van der Waals surface area contributed by atoms with Crippen LogP contribution in [0.3, 0.4) is 0 Å². The minimum Gasteiger partial charge on any atom is -0.481 e. The van der Waals surface area contributed by atoms with E-state index >= 15 is 0 Å². The molecule has 0 saturated carbocycles. The first kappa shape index (κ1) is 14.7. The third-order valence-corrected chi connectivity index (χ3v) is 2.97. The van der Waals surface area contributed by atoms with Crippen LogP contribution in [0.2, 0.25) is 0 Å². The summed E-state index contributed by atoms with van der Waals surface area (Å²) in [6, 6.07) is 13.4. The van der Waals surface area contributed by atoms with Gasteiger partial charge >= 0.3 is 5.97 Å². The number of amides is 1. The topological polar surface area (TPSA) is 66.4 Å². The fourth-order valence-corrected chi connectivity index (χ4v) is 1.98. The maximum atomic E-state index is 13.1. The highest BCUT2D eigenvalue weighted by molar-refractivity contribution is 5.94. The standard InChI is InChI=1S/C16H14FNO3/c17-13-8-4-7-12(9-13)16(21)18-14(10-15(19)20)11-5-2-1-3-6-11/h1-9,14H,10H2,(H,18,21)(H,19,20). The van der Waals surface area contributed by atoms with Crippen LogP contribution >= 0.6 is 0 Å². The summed E-state index contributed by atoms with van der Waals surface area (Å²) in [7, 11) is 0. The van der Waals surface area contributed by atoms with Crippen LogP contribution in [0.1, 0.15) is 28.4 Å². The van der Waals surface area contributed by atoms with Crippen molar-refractivity contribution in [3.05, 3.63) is 71.5 Å². The van der Waals surface area contributed by atoms with Gasteiger partial charge in [-0.3, -0.25) is 9.59 Å². The van der Waals surface area contributed by atoms with Crippen LogP contribution in [0.15, 0.2) is 54.6 Å². The van der Waals surface area contributed by atoms with Gasteiger partial charge in [0, 0.05) is 5.56 Å². The summed E-state index contributed by atoms with van der Waals surface area (Å²) < 4.78 is 13.1. The first-order chi connectivity index (χ1) is 10.1. The van der Waals surface area contributed by atoms with Crippen molar-refractivity contribution < 1.29 is 19.1 Å². The highest BCUT2D eigenvalue weighted by atomic mass is 19.1. The zero-order valence-corrected chi connectivity index (χ0v) is 11.1. The zero-order valence-electron chi connectivity index (χ0n) is 11.1. The highest BCUT2D eigenvalue weighted by Crippen LogP contribution is 2.17. The molecule has 0 aliphatic heterocycles. The average molecular weight is 287 g/mol. The van der Waals surface area contributed by atoms with Gasteiger partial charge in [0.2, 0.25) is 0 Å². The maximum Gasteiger partial charge on any atom is 0.305 e. The second-order valence-corrected chi connectivity index (χ2v) is 4.54. The SMILES string of the molecule is O=C(O)CC(NC(=O)c1cccc(F)c1)c1ccccc1. The molecule has 2 N–H and O–H groups in total. The highest BCUT2D eigenvalue weighted by Gasteiger charge is 2.18. The molecular formula is C16H14FNO3. The van der Waals surface area contributed by atoms with E-state index in [2.05, 4.69) is 5.32 Å². The van der Waals surface area contributed by atoms with Crippen LogP contribution in [0.4, 0.5) is 4.39 Å². The van der Waals surface area contributed by atoms with Crippen molar-refractivity contribution in [1.82, 2.24) is 5.32 Å². The maximum absolute atomic E-state index is 13.1. The Labute approximate surface area is 121 Å². The number of benzene rings is 2. The normalized spacial score (nSPS) is 11.7. The van der Waals surface area contributed by atoms with E-state index in [0.29, 0.717) is 5.56 Å². The van der Waals surface area contributed by atoms with Gasteiger partial charge in [0.05, 0.1) is 12.5 Å². The van der Waals surface area contributed by atoms with Crippen LogP contribution < -0.4 is 5.32 Å². The number of carboxylic acids is 1. The third-order valence-electron chi connectivity index (χ3n) is 2.97. The van der Waals surface area contributed by atoms with Crippen LogP contribution in [0, 0.1) is 5.82 Å². The molecule has 21 heavy (non-hydrogen) atoms.